The number of carbonyl (C=O) groups is 2. The Morgan fingerprint density at radius 3 is 2.67 bits per heavy atom. The van der Waals surface area contributed by atoms with Crippen LogP contribution in [0.15, 0.2) is 42.7 Å². The molecule has 0 saturated heterocycles. The van der Waals surface area contributed by atoms with E-state index in [4.69, 9.17) is 9.47 Å². The summed E-state index contributed by atoms with van der Waals surface area (Å²) in [4.78, 5) is 35.5. The second kappa shape index (κ2) is 12.2. The molecule has 0 unspecified atom stereocenters. The van der Waals surface area contributed by atoms with Gasteiger partial charge >= 0.3 is 6.03 Å². The van der Waals surface area contributed by atoms with Crippen LogP contribution in [-0.2, 0) is 23.1 Å². The van der Waals surface area contributed by atoms with Crippen LogP contribution in [0.2, 0.25) is 0 Å². The number of pyridine rings is 1. The van der Waals surface area contributed by atoms with Crippen molar-refractivity contribution in [2.45, 2.75) is 33.4 Å². The highest BCUT2D eigenvalue weighted by atomic mass is 32.1. The second-order valence-corrected chi connectivity index (χ2v) is 10.3. The number of ether oxygens (including phenoxy) is 2. The Hall–Kier alpha value is -4.03. The molecule has 0 aliphatic rings. The summed E-state index contributed by atoms with van der Waals surface area (Å²) in [6.45, 7) is 6.54. The molecule has 3 amide bonds. The van der Waals surface area contributed by atoms with E-state index in [0.717, 1.165) is 21.1 Å². The van der Waals surface area contributed by atoms with Gasteiger partial charge in [-0.2, -0.15) is 0 Å². The zero-order valence-electron chi connectivity index (χ0n) is 22.4. The number of anilines is 1. The molecule has 0 radical (unpaired) electrons. The first-order chi connectivity index (χ1) is 18.7. The number of nitrogens with zero attached hydrogens (tertiary/aromatic N) is 4. The van der Waals surface area contributed by atoms with Crippen molar-refractivity contribution >= 4 is 39.2 Å². The average molecular weight is 555 g/mol. The molecule has 4 aromatic rings. The third-order valence-electron chi connectivity index (χ3n) is 5.87. The zero-order valence-corrected chi connectivity index (χ0v) is 23.3. The van der Waals surface area contributed by atoms with E-state index in [2.05, 4.69) is 20.6 Å². The molecule has 0 spiro atoms. The molecule has 12 heteroatoms. The lowest BCUT2D eigenvalue weighted by atomic mass is 10.3. The zero-order chi connectivity index (χ0) is 28.1. The molecule has 10 nitrogen and oxygen atoms in total. The highest BCUT2D eigenvalue weighted by Gasteiger charge is 2.18. The van der Waals surface area contributed by atoms with E-state index in [1.54, 1.807) is 36.5 Å². The summed E-state index contributed by atoms with van der Waals surface area (Å²) < 4.78 is 28.6. The van der Waals surface area contributed by atoms with Gasteiger partial charge in [0.25, 0.3) is 0 Å². The number of amides is 3. The van der Waals surface area contributed by atoms with Crippen LogP contribution in [0, 0.1) is 5.82 Å². The minimum Gasteiger partial charge on any atom is -0.453 e. The average Bonchev–Trinajstić information content (AvgIpc) is 3.46. The number of aromatic nitrogens is 3. The number of nitrogens with one attached hydrogen (secondary N) is 2. The summed E-state index contributed by atoms with van der Waals surface area (Å²) in [6.07, 6.45) is 3.35. The van der Waals surface area contributed by atoms with Gasteiger partial charge in [0.05, 0.1) is 40.1 Å². The molecule has 1 aromatic carbocycles. The van der Waals surface area contributed by atoms with Crippen molar-refractivity contribution in [2.24, 2.45) is 7.05 Å². The van der Waals surface area contributed by atoms with Crippen molar-refractivity contribution in [3.05, 3.63) is 54.2 Å². The molecule has 39 heavy (non-hydrogen) atoms. The summed E-state index contributed by atoms with van der Waals surface area (Å²) in [5.74, 6) is 0.529. The number of benzene rings is 1. The van der Waals surface area contributed by atoms with Crippen LogP contribution in [0.3, 0.4) is 0 Å². The molecule has 4 rings (SSSR count). The molecule has 0 aliphatic heterocycles. The number of halogens is 1. The van der Waals surface area contributed by atoms with Gasteiger partial charge in [0.1, 0.15) is 11.6 Å². The van der Waals surface area contributed by atoms with E-state index in [0.29, 0.717) is 36.6 Å². The van der Waals surface area contributed by atoms with E-state index in [9.17, 15) is 14.0 Å². The largest absolute Gasteiger partial charge is 0.453 e. The molecule has 0 saturated carbocycles. The molecule has 0 aliphatic carbocycles. The van der Waals surface area contributed by atoms with Gasteiger partial charge in [-0.15, -0.1) is 11.3 Å². The van der Waals surface area contributed by atoms with Crippen LogP contribution in [0.4, 0.5) is 14.9 Å². The molecule has 3 heterocycles. The first-order valence-electron chi connectivity index (χ1n) is 12.3. The Morgan fingerprint density at radius 1 is 1.18 bits per heavy atom. The van der Waals surface area contributed by atoms with Crippen molar-refractivity contribution < 1.29 is 23.5 Å². The first-order valence-corrected chi connectivity index (χ1v) is 13.2. The van der Waals surface area contributed by atoms with E-state index in [1.165, 1.54) is 30.4 Å². The summed E-state index contributed by atoms with van der Waals surface area (Å²) in [6, 6.07) is 7.37. The molecule has 2 N–H and O–H groups in total. The van der Waals surface area contributed by atoms with E-state index >= 15 is 0 Å². The van der Waals surface area contributed by atoms with Crippen molar-refractivity contribution in [3.63, 3.8) is 0 Å². The fraction of sp³-hybridized carbons (Fsp3) is 0.333. The number of carbonyl (C=O) groups excluding carboxylic acids is 2. The SMILES string of the molecule is COCCN(Cc1cnc(-c2cc3nccc(Oc4ccc(NC(=O)NC(C)C)cc4F)c3s2)n1C)C(C)=O. The molecule has 3 aromatic heterocycles. The summed E-state index contributed by atoms with van der Waals surface area (Å²) >= 11 is 1.43. The van der Waals surface area contributed by atoms with Crippen LogP contribution >= 0.6 is 11.3 Å². The molecule has 0 bridgehead atoms. The molecule has 0 atom stereocenters. The smallest absolute Gasteiger partial charge is 0.319 e. The maximum atomic E-state index is 14.9. The van der Waals surface area contributed by atoms with Gasteiger partial charge in [-0.05, 0) is 32.0 Å². The lowest BCUT2D eigenvalue weighted by molar-refractivity contribution is -0.130. The van der Waals surface area contributed by atoms with Gasteiger partial charge in [0.2, 0.25) is 5.91 Å². The maximum absolute atomic E-state index is 14.9. The minimum atomic E-state index is -0.615. The van der Waals surface area contributed by atoms with Crippen LogP contribution in [-0.4, -0.2) is 57.7 Å². The number of urea groups is 1. The number of hydrogen-bond acceptors (Lipinski definition) is 7. The quantitative estimate of drug-likeness (QED) is 0.280. The Bertz CT molecular complexity index is 1480. The Balaban J connectivity index is 1.55. The van der Waals surface area contributed by atoms with Gasteiger partial charge < -0.3 is 29.6 Å². The monoisotopic (exact) mass is 554 g/mol. The predicted octanol–water partition coefficient (Wildman–Crippen LogP) is 5.15. The van der Waals surface area contributed by atoms with Crippen LogP contribution in [0.25, 0.3) is 20.9 Å². The van der Waals surface area contributed by atoms with Gasteiger partial charge in [-0.3, -0.25) is 9.78 Å². The van der Waals surface area contributed by atoms with E-state index in [1.807, 2.05) is 31.5 Å². The molecule has 206 valence electrons. The number of hydrogen-bond donors (Lipinski definition) is 2. The lowest BCUT2D eigenvalue weighted by Crippen LogP contribution is -2.34. The van der Waals surface area contributed by atoms with Crippen molar-refractivity contribution in [1.82, 2.24) is 24.8 Å². The topological polar surface area (TPSA) is 111 Å². The first kappa shape index (κ1) is 28.0. The molecular weight excluding hydrogens is 523 g/mol. The summed E-state index contributed by atoms with van der Waals surface area (Å²) in [5, 5.41) is 5.29. The lowest BCUT2D eigenvalue weighted by Gasteiger charge is -2.20. The number of thiophene rings is 1. The highest BCUT2D eigenvalue weighted by Crippen LogP contribution is 2.39. The van der Waals surface area contributed by atoms with Gasteiger partial charge in [-0.1, -0.05) is 0 Å². The number of imidazole rings is 1. The standard InChI is InChI=1S/C27H31FN6O4S/c1-16(2)31-27(36)32-18-6-7-22(20(28)12-18)38-23-8-9-29-21-13-24(39-25(21)23)26-30-14-19(33(26)4)15-34(17(3)35)10-11-37-5/h6-9,12-14,16H,10-11,15H2,1-5H3,(H2,31,32,36). The normalized spacial score (nSPS) is 11.2. The van der Waals surface area contributed by atoms with Gasteiger partial charge in [-0.25, -0.2) is 14.2 Å². The number of rotatable bonds is 10. The van der Waals surface area contributed by atoms with E-state index in [-0.39, 0.29) is 17.7 Å². The third-order valence-corrected chi connectivity index (χ3v) is 7.01. The maximum Gasteiger partial charge on any atom is 0.319 e. The van der Waals surface area contributed by atoms with Gasteiger partial charge in [0, 0.05) is 57.7 Å². The fourth-order valence-electron chi connectivity index (χ4n) is 3.88. The fourth-order valence-corrected chi connectivity index (χ4v) is 4.98. The Kier molecular flexibility index (Phi) is 8.77. The van der Waals surface area contributed by atoms with Crippen molar-refractivity contribution in [1.29, 1.82) is 0 Å². The minimum absolute atomic E-state index is 0.0203. The van der Waals surface area contributed by atoms with E-state index < -0.39 is 11.8 Å². The van der Waals surface area contributed by atoms with Crippen molar-refractivity contribution in [2.75, 3.05) is 25.6 Å². The number of fused-ring (bicyclic) bond motifs is 1. The molecular formula is C27H31FN6O4S. The van der Waals surface area contributed by atoms with Crippen LogP contribution in [0.1, 0.15) is 26.5 Å². The third kappa shape index (κ3) is 6.70. The van der Waals surface area contributed by atoms with Crippen molar-refractivity contribution in [3.8, 4) is 22.2 Å². The molecule has 0 fully saturated rings. The Labute approximate surface area is 229 Å². The van der Waals surface area contributed by atoms with Gasteiger partial charge in [0.15, 0.2) is 11.6 Å². The number of methoxy groups -OCH3 is 1. The second-order valence-electron chi connectivity index (χ2n) is 9.20. The Morgan fingerprint density at radius 2 is 1.97 bits per heavy atom. The van der Waals surface area contributed by atoms with Crippen LogP contribution < -0.4 is 15.4 Å². The predicted molar refractivity (Wildman–Crippen MR) is 149 cm³/mol. The highest BCUT2D eigenvalue weighted by molar-refractivity contribution is 7.22. The van der Waals surface area contributed by atoms with Crippen LogP contribution in [0.5, 0.6) is 11.5 Å². The summed E-state index contributed by atoms with van der Waals surface area (Å²) in [5.41, 5.74) is 1.87. The summed E-state index contributed by atoms with van der Waals surface area (Å²) in [7, 11) is 3.50.